The largest absolute Gasteiger partial charge is 0.466 e. The highest BCUT2D eigenvalue weighted by Crippen LogP contribution is 2.19. The van der Waals surface area contributed by atoms with Crippen molar-refractivity contribution in [2.24, 2.45) is 0 Å². The van der Waals surface area contributed by atoms with Crippen molar-refractivity contribution in [3.05, 3.63) is 12.2 Å². The van der Waals surface area contributed by atoms with E-state index in [1.54, 1.807) is 0 Å². The first-order valence-electron chi connectivity index (χ1n) is 34.4. The number of hydrogen-bond acceptors (Lipinski definition) is 5. The van der Waals surface area contributed by atoms with Crippen LogP contribution in [0.2, 0.25) is 0 Å². The van der Waals surface area contributed by atoms with Gasteiger partial charge in [0.1, 0.15) is 0 Å². The molecule has 0 saturated heterocycles. The van der Waals surface area contributed by atoms with Gasteiger partial charge in [0.2, 0.25) is 5.91 Å². The zero-order valence-electron chi connectivity index (χ0n) is 51.1. The van der Waals surface area contributed by atoms with E-state index in [1.165, 1.54) is 315 Å². The summed E-state index contributed by atoms with van der Waals surface area (Å²) in [4.78, 5) is 24.6. The average Bonchev–Trinajstić information content (AvgIpc) is 3.41. The summed E-state index contributed by atoms with van der Waals surface area (Å²) in [5, 5.41) is 23.4. The number of hydrogen-bond donors (Lipinski definition) is 3. The molecule has 446 valence electrons. The number of ether oxygens (including phenoxy) is 1. The second kappa shape index (κ2) is 65.1. The van der Waals surface area contributed by atoms with Gasteiger partial charge < -0.3 is 20.3 Å². The van der Waals surface area contributed by atoms with Crippen molar-refractivity contribution in [1.29, 1.82) is 0 Å². The van der Waals surface area contributed by atoms with Crippen molar-refractivity contribution in [2.75, 3.05) is 13.2 Å². The van der Waals surface area contributed by atoms with Gasteiger partial charge in [-0.15, -0.1) is 0 Å². The van der Waals surface area contributed by atoms with Crippen LogP contribution in [0.3, 0.4) is 0 Å². The number of unbranched alkanes of at least 4 members (excludes halogenated alkanes) is 52. The molecule has 0 aliphatic rings. The van der Waals surface area contributed by atoms with Gasteiger partial charge >= 0.3 is 5.97 Å². The van der Waals surface area contributed by atoms with Crippen LogP contribution < -0.4 is 5.32 Å². The van der Waals surface area contributed by atoms with Crippen molar-refractivity contribution in [2.45, 2.75) is 405 Å². The lowest BCUT2D eigenvalue weighted by molar-refractivity contribution is -0.143. The normalized spacial score (nSPS) is 12.5. The second-order valence-electron chi connectivity index (χ2n) is 23.9. The number of nitrogens with one attached hydrogen (secondary N) is 1. The van der Waals surface area contributed by atoms with E-state index in [0.29, 0.717) is 25.9 Å². The summed E-state index contributed by atoms with van der Waals surface area (Å²) in [6, 6.07) is -0.539. The predicted molar refractivity (Wildman–Crippen MR) is 329 cm³/mol. The molecular formula is C69H135NO5. The van der Waals surface area contributed by atoms with Gasteiger partial charge in [0, 0.05) is 12.8 Å². The smallest absolute Gasteiger partial charge is 0.305 e. The van der Waals surface area contributed by atoms with Gasteiger partial charge in [-0.1, -0.05) is 341 Å². The molecular weight excluding hydrogens is 923 g/mol. The minimum Gasteiger partial charge on any atom is -0.466 e. The fourth-order valence-electron chi connectivity index (χ4n) is 11.1. The van der Waals surface area contributed by atoms with E-state index >= 15 is 0 Å². The number of amides is 1. The van der Waals surface area contributed by atoms with Gasteiger partial charge in [0.25, 0.3) is 0 Å². The van der Waals surface area contributed by atoms with E-state index in [-0.39, 0.29) is 18.5 Å². The molecule has 0 rings (SSSR count). The number of rotatable bonds is 65. The van der Waals surface area contributed by atoms with E-state index in [1.807, 2.05) is 0 Å². The molecule has 0 fully saturated rings. The Labute approximate surface area is 469 Å². The first-order valence-corrected chi connectivity index (χ1v) is 34.4. The summed E-state index contributed by atoms with van der Waals surface area (Å²) >= 11 is 0. The van der Waals surface area contributed by atoms with E-state index in [2.05, 4.69) is 31.3 Å². The first kappa shape index (κ1) is 73.6. The molecule has 0 aliphatic carbocycles. The van der Waals surface area contributed by atoms with Gasteiger partial charge in [0.05, 0.1) is 25.4 Å². The molecule has 0 spiro atoms. The van der Waals surface area contributed by atoms with Crippen molar-refractivity contribution in [3.63, 3.8) is 0 Å². The van der Waals surface area contributed by atoms with E-state index in [4.69, 9.17) is 4.74 Å². The average molecular weight is 1060 g/mol. The molecule has 0 radical (unpaired) electrons. The highest BCUT2D eigenvalue weighted by molar-refractivity contribution is 5.76. The topological polar surface area (TPSA) is 95.9 Å². The van der Waals surface area contributed by atoms with Gasteiger partial charge in [-0.2, -0.15) is 0 Å². The Morgan fingerprint density at radius 1 is 0.360 bits per heavy atom. The van der Waals surface area contributed by atoms with Crippen molar-refractivity contribution >= 4 is 11.9 Å². The lowest BCUT2D eigenvalue weighted by Gasteiger charge is -2.22. The maximum absolute atomic E-state index is 12.5. The molecule has 75 heavy (non-hydrogen) atoms. The number of aliphatic hydroxyl groups is 2. The Morgan fingerprint density at radius 2 is 0.627 bits per heavy atom. The van der Waals surface area contributed by atoms with E-state index < -0.39 is 12.1 Å². The third-order valence-electron chi connectivity index (χ3n) is 16.3. The molecule has 0 aromatic rings. The molecule has 0 heterocycles. The SMILES string of the molecule is CCCCCCC/C=C\CCCCCCCC(=O)OCCCCCCCCCCCCCCCCCCCCCCCCCCCCCC(=O)NC(CO)C(O)CCCCCCCCCCCCCCCCCCC. The number of carbonyl (C=O) groups is 2. The monoisotopic (exact) mass is 1060 g/mol. The van der Waals surface area contributed by atoms with Crippen LogP contribution in [0.15, 0.2) is 12.2 Å². The highest BCUT2D eigenvalue weighted by Gasteiger charge is 2.20. The summed E-state index contributed by atoms with van der Waals surface area (Å²) in [5.41, 5.74) is 0. The van der Waals surface area contributed by atoms with Crippen molar-refractivity contribution < 1.29 is 24.5 Å². The fourth-order valence-corrected chi connectivity index (χ4v) is 11.1. The van der Waals surface area contributed by atoms with Crippen LogP contribution in [0.4, 0.5) is 0 Å². The summed E-state index contributed by atoms with van der Waals surface area (Å²) in [7, 11) is 0. The van der Waals surface area contributed by atoms with Crippen LogP contribution in [0.5, 0.6) is 0 Å². The van der Waals surface area contributed by atoms with Crippen LogP contribution in [0.1, 0.15) is 393 Å². The minimum atomic E-state index is -0.662. The van der Waals surface area contributed by atoms with Crippen LogP contribution in [0.25, 0.3) is 0 Å². The zero-order chi connectivity index (χ0) is 54.3. The maximum atomic E-state index is 12.5. The summed E-state index contributed by atoms with van der Waals surface area (Å²) in [6.07, 6.45) is 79.7. The number of allylic oxidation sites excluding steroid dienone is 2. The Balaban J connectivity index is 3.34. The van der Waals surface area contributed by atoms with Crippen LogP contribution in [-0.4, -0.2) is 47.4 Å². The Morgan fingerprint density at radius 3 is 0.947 bits per heavy atom. The predicted octanol–water partition coefficient (Wildman–Crippen LogP) is 22.0. The lowest BCUT2D eigenvalue weighted by atomic mass is 10.0. The number of carbonyl (C=O) groups excluding carboxylic acids is 2. The van der Waals surface area contributed by atoms with Gasteiger partial charge in [0.15, 0.2) is 0 Å². The summed E-state index contributed by atoms with van der Waals surface area (Å²) in [5.74, 6) is -0.0180. The van der Waals surface area contributed by atoms with Gasteiger partial charge in [-0.05, 0) is 51.4 Å². The van der Waals surface area contributed by atoms with Gasteiger partial charge in [-0.25, -0.2) is 0 Å². The molecule has 6 heteroatoms. The molecule has 1 amide bonds. The molecule has 0 aromatic heterocycles. The molecule has 0 aromatic carbocycles. The van der Waals surface area contributed by atoms with Crippen LogP contribution >= 0.6 is 0 Å². The third-order valence-corrected chi connectivity index (χ3v) is 16.3. The Hall–Kier alpha value is -1.40. The number of esters is 1. The minimum absolute atomic E-state index is 0.0104. The number of aliphatic hydroxyl groups excluding tert-OH is 2. The lowest BCUT2D eigenvalue weighted by Crippen LogP contribution is -2.45. The summed E-state index contributed by atoms with van der Waals surface area (Å²) in [6.45, 7) is 4.98. The highest BCUT2D eigenvalue weighted by atomic mass is 16.5. The van der Waals surface area contributed by atoms with Crippen molar-refractivity contribution in [1.82, 2.24) is 5.32 Å². The standard InChI is InChI=1S/C69H135NO5/c1-3-5-7-9-11-13-15-17-19-31-34-37-41-45-49-53-57-61-67(72)66(65-71)70-68(73)62-58-54-50-46-42-38-35-32-29-27-25-23-21-20-22-24-26-28-30-33-36-40-44-48-52-56-60-64-75-69(74)63-59-55-51-47-43-39-18-16-14-12-10-8-6-4-2/h16,18,66-67,71-72H,3-15,17,19-65H2,1-2H3,(H,70,73)/b18-16-. The molecule has 3 N–H and O–H groups in total. The maximum Gasteiger partial charge on any atom is 0.305 e. The third kappa shape index (κ3) is 61.7. The van der Waals surface area contributed by atoms with Crippen molar-refractivity contribution in [3.8, 4) is 0 Å². The quantitative estimate of drug-likeness (QED) is 0.0320. The zero-order valence-corrected chi connectivity index (χ0v) is 51.1. The molecule has 0 bridgehead atoms. The summed E-state index contributed by atoms with van der Waals surface area (Å²) < 4.78 is 5.49. The Kier molecular flexibility index (Phi) is 63.9. The molecule has 2 unspecified atom stereocenters. The second-order valence-corrected chi connectivity index (χ2v) is 23.9. The Bertz CT molecular complexity index is 1130. The molecule has 6 nitrogen and oxygen atoms in total. The van der Waals surface area contributed by atoms with Crippen LogP contribution in [-0.2, 0) is 14.3 Å². The first-order chi connectivity index (χ1) is 37.0. The molecule has 2 atom stereocenters. The van der Waals surface area contributed by atoms with E-state index in [9.17, 15) is 19.8 Å². The molecule has 0 saturated carbocycles. The van der Waals surface area contributed by atoms with Gasteiger partial charge in [-0.3, -0.25) is 9.59 Å². The van der Waals surface area contributed by atoms with E-state index in [0.717, 1.165) is 44.9 Å². The molecule has 0 aliphatic heterocycles. The fraction of sp³-hybridized carbons (Fsp3) is 0.942. The van der Waals surface area contributed by atoms with Crippen LogP contribution in [0, 0.1) is 0 Å².